The smallest absolute Gasteiger partial charge is 0.00174 e. The Morgan fingerprint density at radius 2 is 1.74 bits per heavy atom. The normalized spacial score (nSPS) is 14.5. The van der Waals surface area contributed by atoms with Gasteiger partial charge in [-0.1, -0.05) is 63.2 Å². The van der Waals surface area contributed by atoms with Crippen molar-refractivity contribution in [1.82, 2.24) is 5.32 Å². The van der Waals surface area contributed by atoms with Gasteiger partial charge in [0.05, 0.1) is 0 Å². The number of rotatable bonds is 6. The molecule has 0 radical (unpaired) electrons. The number of benzene rings is 2. The van der Waals surface area contributed by atoms with Gasteiger partial charge in [0.1, 0.15) is 0 Å². The molecule has 0 aliphatic rings. The molecule has 102 valence electrons. The second kappa shape index (κ2) is 6.72. The maximum Gasteiger partial charge on any atom is -0.00174 e. The number of fused-ring (bicyclic) bond motifs is 1. The average molecular weight is 255 g/mol. The molecule has 0 saturated heterocycles. The first-order valence-corrected chi connectivity index (χ1v) is 7.42. The summed E-state index contributed by atoms with van der Waals surface area (Å²) in [7, 11) is 0. The van der Waals surface area contributed by atoms with Crippen molar-refractivity contribution in [2.24, 2.45) is 5.92 Å². The molecule has 1 N–H and O–H groups in total. The van der Waals surface area contributed by atoms with Crippen LogP contribution in [0.2, 0.25) is 0 Å². The molecule has 0 spiro atoms. The summed E-state index contributed by atoms with van der Waals surface area (Å²) in [5.74, 6) is 1.23. The van der Waals surface area contributed by atoms with E-state index in [1.165, 1.54) is 22.8 Å². The Morgan fingerprint density at radius 3 is 2.53 bits per heavy atom. The highest BCUT2D eigenvalue weighted by atomic mass is 14.8. The summed E-state index contributed by atoms with van der Waals surface area (Å²) in [6, 6.07) is 15.4. The minimum atomic E-state index is 0.579. The van der Waals surface area contributed by atoms with Crippen molar-refractivity contribution in [3.63, 3.8) is 0 Å². The van der Waals surface area contributed by atoms with Gasteiger partial charge < -0.3 is 5.32 Å². The fourth-order valence-corrected chi connectivity index (χ4v) is 2.64. The highest BCUT2D eigenvalue weighted by molar-refractivity contribution is 5.86. The lowest BCUT2D eigenvalue weighted by Gasteiger charge is -2.22. The molecule has 2 rings (SSSR count). The lowest BCUT2D eigenvalue weighted by atomic mass is 9.86. The van der Waals surface area contributed by atoms with E-state index < -0.39 is 0 Å². The zero-order chi connectivity index (χ0) is 13.7. The largest absolute Gasteiger partial charge is 0.316 e. The monoisotopic (exact) mass is 255 g/mol. The van der Waals surface area contributed by atoms with Crippen molar-refractivity contribution in [2.45, 2.75) is 33.1 Å². The molecule has 0 heterocycles. The van der Waals surface area contributed by atoms with Gasteiger partial charge in [0.25, 0.3) is 0 Å². The van der Waals surface area contributed by atoms with Crippen molar-refractivity contribution < 1.29 is 0 Å². The maximum absolute atomic E-state index is 3.53. The zero-order valence-corrected chi connectivity index (χ0v) is 12.3. The molecule has 2 aromatic carbocycles. The van der Waals surface area contributed by atoms with Crippen LogP contribution < -0.4 is 5.32 Å². The molecule has 0 aliphatic heterocycles. The van der Waals surface area contributed by atoms with Gasteiger partial charge in [-0.05, 0) is 47.7 Å². The van der Waals surface area contributed by atoms with Crippen molar-refractivity contribution in [2.75, 3.05) is 13.1 Å². The van der Waals surface area contributed by atoms with Gasteiger partial charge in [-0.2, -0.15) is 0 Å². The maximum atomic E-state index is 3.53. The molecule has 2 atom stereocenters. The quantitative estimate of drug-likeness (QED) is 0.745. The Morgan fingerprint density at radius 1 is 1.00 bits per heavy atom. The molecule has 0 aromatic heterocycles. The van der Waals surface area contributed by atoms with Crippen molar-refractivity contribution >= 4 is 10.8 Å². The van der Waals surface area contributed by atoms with Crippen molar-refractivity contribution in [3.8, 4) is 0 Å². The van der Waals surface area contributed by atoms with E-state index in [0.29, 0.717) is 11.8 Å². The van der Waals surface area contributed by atoms with Crippen LogP contribution in [0.3, 0.4) is 0 Å². The summed E-state index contributed by atoms with van der Waals surface area (Å²) in [4.78, 5) is 0. The first kappa shape index (κ1) is 14.1. The van der Waals surface area contributed by atoms with E-state index in [9.17, 15) is 0 Å². The first-order chi connectivity index (χ1) is 9.24. The number of nitrogens with one attached hydrogen (secondary N) is 1. The fourth-order valence-electron chi connectivity index (χ4n) is 2.64. The van der Waals surface area contributed by atoms with E-state index in [1.54, 1.807) is 0 Å². The second-order valence-corrected chi connectivity index (χ2v) is 5.54. The minimum absolute atomic E-state index is 0.579. The molecule has 1 nitrogen and oxygen atoms in total. The molecule has 0 saturated carbocycles. The third kappa shape index (κ3) is 3.36. The Hall–Kier alpha value is -1.34. The van der Waals surface area contributed by atoms with Gasteiger partial charge in [0.2, 0.25) is 0 Å². The minimum Gasteiger partial charge on any atom is -0.316 e. The molecule has 1 heteroatoms. The van der Waals surface area contributed by atoms with E-state index in [4.69, 9.17) is 0 Å². The summed E-state index contributed by atoms with van der Waals surface area (Å²) in [5.41, 5.74) is 1.48. The number of hydrogen-bond acceptors (Lipinski definition) is 1. The predicted molar refractivity (Wildman–Crippen MR) is 84.7 cm³/mol. The molecule has 0 aliphatic carbocycles. The topological polar surface area (TPSA) is 12.0 Å². The van der Waals surface area contributed by atoms with Crippen LogP contribution in [0.4, 0.5) is 0 Å². The Bertz CT molecular complexity index is 513. The molecule has 0 bridgehead atoms. The first-order valence-electron chi connectivity index (χ1n) is 7.42. The van der Waals surface area contributed by atoms with Crippen molar-refractivity contribution in [3.05, 3.63) is 48.0 Å². The van der Waals surface area contributed by atoms with Crippen LogP contribution in [0.15, 0.2) is 42.5 Å². The van der Waals surface area contributed by atoms with Gasteiger partial charge >= 0.3 is 0 Å². The fraction of sp³-hybridized carbons (Fsp3) is 0.444. The van der Waals surface area contributed by atoms with Gasteiger partial charge in [-0.25, -0.2) is 0 Å². The second-order valence-electron chi connectivity index (χ2n) is 5.54. The summed E-state index contributed by atoms with van der Waals surface area (Å²) >= 11 is 0. The number of hydrogen-bond donors (Lipinski definition) is 1. The van der Waals surface area contributed by atoms with Gasteiger partial charge in [-0.15, -0.1) is 0 Å². The third-order valence-electron chi connectivity index (χ3n) is 4.06. The molecule has 0 fully saturated rings. The Balaban J connectivity index is 2.18. The lowest BCUT2D eigenvalue weighted by Crippen LogP contribution is -2.25. The molecular formula is C18H25N. The molecule has 0 amide bonds. The van der Waals surface area contributed by atoms with Gasteiger partial charge in [0.15, 0.2) is 0 Å². The summed E-state index contributed by atoms with van der Waals surface area (Å²) in [6.45, 7) is 9.12. The average Bonchev–Trinajstić information content (AvgIpc) is 2.46. The Kier molecular flexibility index (Phi) is 4.98. The lowest BCUT2D eigenvalue weighted by molar-refractivity contribution is 0.450. The van der Waals surface area contributed by atoms with Crippen LogP contribution in [-0.4, -0.2) is 13.1 Å². The van der Waals surface area contributed by atoms with E-state index >= 15 is 0 Å². The summed E-state index contributed by atoms with van der Waals surface area (Å²) in [6.07, 6.45) is 1.20. The van der Waals surface area contributed by atoms with Gasteiger partial charge in [0, 0.05) is 0 Å². The van der Waals surface area contributed by atoms with Crippen molar-refractivity contribution in [1.29, 1.82) is 0 Å². The predicted octanol–water partition coefficient (Wildman–Crippen LogP) is 4.58. The zero-order valence-electron chi connectivity index (χ0n) is 12.3. The standard InChI is InChI=1S/C18H25N/c1-4-12-19-13-14(2)15(3)17-11-7-9-16-8-5-6-10-18(16)17/h5-11,14-15,19H,4,12-13H2,1-3H3. The molecule has 19 heavy (non-hydrogen) atoms. The van der Waals surface area contributed by atoms with Crippen LogP contribution in [-0.2, 0) is 0 Å². The van der Waals surface area contributed by atoms with Crippen LogP contribution in [0.1, 0.15) is 38.7 Å². The van der Waals surface area contributed by atoms with Crippen LogP contribution >= 0.6 is 0 Å². The summed E-state index contributed by atoms with van der Waals surface area (Å²) in [5, 5.41) is 6.28. The highest BCUT2D eigenvalue weighted by Gasteiger charge is 2.15. The molecule has 2 unspecified atom stereocenters. The van der Waals surface area contributed by atoms with E-state index in [-0.39, 0.29) is 0 Å². The Labute approximate surface area is 117 Å². The highest BCUT2D eigenvalue weighted by Crippen LogP contribution is 2.30. The molecular weight excluding hydrogens is 230 g/mol. The van der Waals surface area contributed by atoms with Gasteiger partial charge in [-0.3, -0.25) is 0 Å². The van der Waals surface area contributed by atoms with E-state index in [2.05, 4.69) is 68.6 Å². The SMILES string of the molecule is CCCNCC(C)C(C)c1cccc2ccccc12. The van der Waals surface area contributed by atoms with Crippen LogP contribution in [0.5, 0.6) is 0 Å². The molecule has 2 aromatic rings. The van der Waals surface area contributed by atoms with Crippen LogP contribution in [0.25, 0.3) is 10.8 Å². The van der Waals surface area contributed by atoms with Crippen LogP contribution in [0, 0.1) is 5.92 Å². The summed E-state index contributed by atoms with van der Waals surface area (Å²) < 4.78 is 0. The third-order valence-corrected chi connectivity index (χ3v) is 4.06. The van der Waals surface area contributed by atoms with E-state index in [1.807, 2.05) is 0 Å². The van der Waals surface area contributed by atoms with E-state index in [0.717, 1.165) is 13.1 Å².